The zero-order chi connectivity index (χ0) is 26.0. The van der Waals surface area contributed by atoms with Crippen LogP contribution in [0.4, 0.5) is 0 Å². The number of fused-ring (bicyclic) bond motifs is 3. The molecule has 4 aliphatic rings. The van der Waals surface area contributed by atoms with Gasteiger partial charge in [0.25, 0.3) is 0 Å². The third kappa shape index (κ3) is 5.29. The van der Waals surface area contributed by atoms with Crippen molar-refractivity contribution < 1.29 is 0 Å². The molecule has 202 valence electrons. The maximum absolute atomic E-state index is 4.13. The number of rotatable bonds is 5. The first-order chi connectivity index (χ1) is 16.1. The van der Waals surface area contributed by atoms with E-state index in [4.69, 9.17) is 0 Å². The van der Waals surface area contributed by atoms with Crippen molar-refractivity contribution in [1.82, 2.24) is 0 Å². The molecule has 1 heteroatoms. The van der Waals surface area contributed by atoms with E-state index in [0.29, 0.717) is 16.2 Å². The lowest BCUT2D eigenvalue weighted by Gasteiger charge is -2.49. The molecule has 0 aromatic carbocycles. The highest BCUT2D eigenvalue weighted by Crippen LogP contribution is 2.67. The van der Waals surface area contributed by atoms with E-state index in [9.17, 15) is 0 Å². The van der Waals surface area contributed by atoms with Crippen LogP contribution in [-0.2, 0) is 0 Å². The summed E-state index contributed by atoms with van der Waals surface area (Å²) < 4.78 is 0. The van der Waals surface area contributed by atoms with Crippen LogP contribution in [0.25, 0.3) is 0 Å². The van der Waals surface area contributed by atoms with Gasteiger partial charge in [0.2, 0.25) is 0 Å². The van der Waals surface area contributed by atoms with Gasteiger partial charge in [-0.05, 0) is 127 Å². The summed E-state index contributed by atoms with van der Waals surface area (Å²) in [7, 11) is -1.19. The molecule has 0 aromatic rings. The molecular weight excluding hydrogens is 436 g/mol. The lowest BCUT2D eigenvalue weighted by molar-refractivity contribution is -0.000719. The lowest BCUT2D eigenvalue weighted by atomic mass is 9.56. The molecule has 8 atom stereocenters. The van der Waals surface area contributed by atoms with Gasteiger partial charge in [0, 0.05) is 0 Å². The second-order valence-corrected chi connectivity index (χ2v) is 22.6. The van der Waals surface area contributed by atoms with E-state index in [1.54, 1.807) is 0 Å². The van der Waals surface area contributed by atoms with E-state index in [0.717, 1.165) is 52.9 Å². The maximum atomic E-state index is 4.13. The first-order valence-electron chi connectivity index (χ1n) is 15.7. The van der Waals surface area contributed by atoms with Crippen LogP contribution in [0, 0.1) is 63.6 Å². The molecule has 35 heavy (non-hydrogen) atoms. The van der Waals surface area contributed by atoms with Crippen LogP contribution in [-0.4, -0.2) is 8.07 Å². The highest BCUT2D eigenvalue weighted by molar-refractivity contribution is 6.79. The van der Waals surface area contributed by atoms with Crippen molar-refractivity contribution in [2.45, 2.75) is 138 Å². The Morgan fingerprint density at radius 3 is 1.51 bits per heavy atom. The summed E-state index contributed by atoms with van der Waals surface area (Å²) in [6.45, 7) is 30.2. The van der Waals surface area contributed by atoms with Gasteiger partial charge in [-0.25, -0.2) is 0 Å². The van der Waals surface area contributed by atoms with Gasteiger partial charge in [-0.15, -0.1) is 6.58 Å². The number of allylic oxidation sites excluding steroid dienone is 1. The Balaban J connectivity index is 1.64. The number of hydrogen-bond acceptors (Lipinski definition) is 0. The average molecular weight is 499 g/mol. The minimum Gasteiger partial charge on any atom is -0.103 e. The Bertz CT molecular complexity index is 708. The highest BCUT2D eigenvalue weighted by Gasteiger charge is 2.60. The molecule has 0 aromatic heterocycles. The first kappa shape index (κ1) is 28.0. The number of hydrogen-bond donors (Lipinski definition) is 0. The third-order valence-corrected chi connectivity index (χ3v) is 17.0. The molecule has 0 N–H and O–H groups in total. The monoisotopic (exact) mass is 498 g/mol. The van der Waals surface area contributed by atoms with Crippen molar-refractivity contribution in [3.8, 4) is 0 Å². The van der Waals surface area contributed by atoms with Gasteiger partial charge in [0.15, 0.2) is 0 Å². The molecule has 0 amide bonds. The second kappa shape index (κ2) is 9.61. The van der Waals surface area contributed by atoms with Crippen LogP contribution in [0.2, 0.25) is 24.7 Å². The Kier molecular flexibility index (Phi) is 7.68. The molecule has 8 unspecified atom stereocenters. The van der Waals surface area contributed by atoms with Crippen molar-refractivity contribution in [3.63, 3.8) is 0 Å². The minimum atomic E-state index is -1.19. The van der Waals surface area contributed by atoms with Crippen LogP contribution in [0.15, 0.2) is 12.7 Å². The van der Waals surface area contributed by atoms with Gasteiger partial charge < -0.3 is 0 Å². The zero-order valence-electron chi connectivity index (χ0n) is 25.6. The highest BCUT2D eigenvalue weighted by atomic mass is 28.3. The van der Waals surface area contributed by atoms with E-state index in [1.165, 1.54) is 63.8 Å². The van der Waals surface area contributed by atoms with E-state index in [-0.39, 0.29) is 0 Å². The summed E-state index contributed by atoms with van der Waals surface area (Å²) in [5, 5.41) is 0. The molecule has 4 saturated carbocycles. The fraction of sp³-hybridized carbons (Fsp3) is 0.941. The average Bonchev–Trinajstić information content (AvgIpc) is 3.36. The largest absolute Gasteiger partial charge is 0.103 e. The van der Waals surface area contributed by atoms with Crippen LogP contribution >= 0.6 is 0 Å². The zero-order valence-corrected chi connectivity index (χ0v) is 26.6. The summed E-state index contributed by atoms with van der Waals surface area (Å²) >= 11 is 0. The van der Waals surface area contributed by atoms with Gasteiger partial charge in [-0.1, -0.05) is 81.0 Å². The lowest BCUT2D eigenvalue weighted by Crippen LogP contribution is -2.42. The van der Waals surface area contributed by atoms with E-state index in [2.05, 4.69) is 81.1 Å². The van der Waals surface area contributed by atoms with Gasteiger partial charge in [0.1, 0.15) is 0 Å². The summed E-state index contributed by atoms with van der Waals surface area (Å²) in [5.74, 6) is 7.81. The fourth-order valence-corrected chi connectivity index (χ4v) is 13.5. The normalized spacial score (nSPS) is 40.9. The van der Waals surface area contributed by atoms with Crippen LogP contribution in [0.5, 0.6) is 0 Å². The summed E-state index contributed by atoms with van der Waals surface area (Å²) in [4.78, 5) is 0. The van der Waals surface area contributed by atoms with Crippen LogP contribution in [0.1, 0.15) is 113 Å². The summed E-state index contributed by atoms with van der Waals surface area (Å²) in [5.41, 5.74) is 2.45. The van der Waals surface area contributed by atoms with Crippen LogP contribution in [0.3, 0.4) is 0 Å². The van der Waals surface area contributed by atoms with E-state index in [1.807, 2.05) is 0 Å². The SMILES string of the molecule is C=CC[Si](C)(C)C1CCC(C(C)(C)C2C3CC(C(C)(C)C)CCC3C3CCC(C(C)(C)C)CC32)C1. The molecule has 0 radical (unpaired) electrons. The molecule has 4 aliphatic carbocycles. The Hall–Kier alpha value is -0.0431. The summed E-state index contributed by atoms with van der Waals surface area (Å²) in [6, 6.07) is 1.31. The topological polar surface area (TPSA) is 0 Å². The predicted octanol–water partition coefficient (Wildman–Crippen LogP) is 10.9. The Labute approximate surface area is 221 Å². The van der Waals surface area contributed by atoms with E-state index < -0.39 is 8.07 Å². The Morgan fingerprint density at radius 2 is 1.09 bits per heavy atom. The third-order valence-electron chi connectivity index (χ3n) is 13.0. The minimum absolute atomic E-state index is 0.472. The smallest absolute Gasteiger partial charge is 0.0542 e. The molecule has 0 aliphatic heterocycles. The fourth-order valence-electron chi connectivity index (χ4n) is 10.5. The quantitative estimate of drug-likeness (QED) is 0.261. The van der Waals surface area contributed by atoms with Crippen molar-refractivity contribution >= 4 is 8.07 Å². The van der Waals surface area contributed by atoms with Gasteiger partial charge in [-0.2, -0.15) is 0 Å². The van der Waals surface area contributed by atoms with Crippen molar-refractivity contribution in [3.05, 3.63) is 12.7 Å². The van der Waals surface area contributed by atoms with Gasteiger partial charge >= 0.3 is 0 Å². The molecule has 0 bridgehead atoms. The van der Waals surface area contributed by atoms with Crippen LogP contribution < -0.4 is 0 Å². The van der Waals surface area contributed by atoms with Crippen molar-refractivity contribution in [1.29, 1.82) is 0 Å². The standard InChI is InChI=1S/C34H62Si/c1-12-19-35(10,11)26-16-13-25(20-26)34(8,9)31-29-21-23(32(2,3)4)14-17-27(29)28-18-15-24(22-30(28)31)33(5,6)7/h12,23-31H,1,13-22H2,2-11H3. The molecule has 0 heterocycles. The van der Waals surface area contributed by atoms with Gasteiger partial charge in [-0.3, -0.25) is 0 Å². The molecule has 0 nitrogen and oxygen atoms in total. The molecule has 4 fully saturated rings. The van der Waals surface area contributed by atoms with Gasteiger partial charge in [0.05, 0.1) is 8.07 Å². The summed E-state index contributed by atoms with van der Waals surface area (Å²) in [6.07, 6.45) is 15.9. The first-order valence-corrected chi connectivity index (χ1v) is 19.0. The van der Waals surface area contributed by atoms with Crippen molar-refractivity contribution in [2.75, 3.05) is 0 Å². The van der Waals surface area contributed by atoms with Crippen molar-refractivity contribution in [2.24, 2.45) is 63.6 Å². The van der Waals surface area contributed by atoms with E-state index >= 15 is 0 Å². The molecular formula is C34H62Si. The maximum Gasteiger partial charge on any atom is 0.0542 e. The second-order valence-electron chi connectivity index (χ2n) is 17.4. The molecule has 0 spiro atoms. The Morgan fingerprint density at radius 1 is 0.629 bits per heavy atom. The molecule has 4 rings (SSSR count). The predicted molar refractivity (Wildman–Crippen MR) is 158 cm³/mol. The molecule has 0 saturated heterocycles.